The summed E-state index contributed by atoms with van der Waals surface area (Å²) in [4.78, 5) is 4.36. The van der Waals surface area contributed by atoms with Crippen LogP contribution < -0.4 is 14.2 Å². The summed E-state index contributed by atoms with van der Waals surface area (Å²) in [6, 6.07) is 23.1. The van der Waals surface area contributed by atoms with E-state index in [4.69, 9.17) is 9.47 Å². The number of sulfonamides is 1. The molecule has 0 amide bonds. The minimum atomic E-state index is -3.91. The smallest absolute Gasteiger partial charge is 0.261 e. The number of fused-ring (bicyclic) bond motifs is 2. The lowest BCUT2D eigenvalue weighted by Gasteiger charge is -2.12. The maximum Gasteiger partial charge on any atom is 0.261 e. The van der Waals surface area contributed by atoms with E-state index >= 15 is 0 Å². The Balaban J connectivity index is 1.41. The first kappa shape index (κ1) is 21.7. The number of halogens is 1. The molecule has 1 N–H and O–H groups in total. The van der Waals surface area contributed by atoms with Gasteiger partial charge in [0.1, 0.15) is 11.5 Å². The number of hydrogen-bond acceptors (Lipinski definition) is 5. The first-order valence-electron chi connectivity index (χ1n) is 10.3. The van der Waals surface area contributed by atoms with Gasteiger partial charge >= 0.3 is 0 Å². The Bertz CT molecular complexity index is 1640. The normalized spacial score (nSPS) is 11.5. The molecule has 0 saturated heterocycles. The number of nitrogens with one attached hydrogen (secondary N) is 1. The molecule has 1 aromatic heterocycles. The van der Waals surface area contributed by atoms with Gasteiger partial charge in [0.2, 0.25) is 0 Å². The molecule has 0 radical (unpaired) electrons. The zero-order valence-electron chi connectivity index (χ0n) is 18.0. The standard InChI is InChI=1S/C26H19FN2O4S/c1-32-20-8-10-24-22(16-20)25(12-13-28-24)33-26-11-7-19(15-23(26)27)29-34(30,31)21-9-6-17-4-2-3-5-18(17)14-21/h2-16,29H,1H3. The Hall–Kier alpha value is -4.17. The van der Waals surface area contributed by atoms with Gasteiger partial charge in [-0.05, 0) is 59.3 Å². The first-order chi connectivity index (χ1) is 16.4. The SMILES string of the molecule is COc1ccc2nccc(Oc3ccc(NS(=O)(=O)c4ccc5ccccc5c4)cc3F)c2c1. The molecule has 1 heterocycles. The molecule has 0 aliphatic carbocycles. The number of pyridine rings is 1. The fourth-order valence-electron chi connectivity index (χ4n) is 3.63. The van der Waals surface area contributed by atoms with Crippen LogP contribution in [0, 0.1) is 5.82 Å². The van der Waals surface area contributed by atoms with E-state index in [0.717, 1.165) is 16.8 Å². The zero-order chi connectivity index (χ0) is 23.7. The van der Waals surface area contributed by atoms with E-state index in [-0.39, 0.29) is 16.3 Å². The van der Waals surface area contributed by atoms with E-state index < -0.39 is 15.8 Å². The maximum atomic E-state index is 14.9. The van der Waals surface area contributed by atoms with E-state index in [1.165, 1.54) is 18.2 Å². The number of hydrogen-bond donors (Lipinski definition) is 1. The summed E-state index contributed by atoms with van der Waals surface area (Å²) in [5, 5.41) is 2.37. The van der Waals surface area contributed by atoms with Crippen molar-refractivity contribution in [3.63, 3.8) is 0 Å². The van der Waals surface area contributed by atoms with Crippen molar-refractivity contribution in [2.24, 2.45) is 0 Å². The van der Waals surface area contributed by atoms with Crippen LogP contribution in [0.1, 0.15) is 0 Å². The zero-order valence-corrected chi connectivity index (χ0v) is 18.8. The van der Waals surface area contributed by atoms with Gasteiger partial charge in [0.15, 0.2) is 11.6 Å². The lowest BCUT2D eigenvalue weighted by molar-refractivity contribution is 0.415. The predicted molar refractivity (Wildman–Crippen MR) is 130 cm³/mol. The Morgan fingerprint density at radius 1 is 0.853 bits per heavy atom. The molecule has 4 aromatic carbocycles. The second-order valence-electron chi connectivity index (χ2n) is 7.55. The summed E-state index contributed by atoms with van der Waals surface area (Å²) in [6.45, 7) is 0. The number of anilines is 1. The van der Waals surface area contributed by atoms with Crippen molar-refractivity contribution in [3.05, 3.63) is 96.9 Å². The molecule has 6 nitrogen and oxygen atoms in total. The largest absolute Gasteiger partial charge is 0.497 e. The Labute approximate surface area is 195 Å². The summed E-state index contributed by atoms with van der Waals surface area (Å²) in [7, 11) is -2.36. The molecule has 5 rings (SSSR count). The van der Waals surface area contributed by atoms with Crippen molar-refractivity contribution < 1.29 is 22.3 Å². The van der Waals surface area contributed by atoms with E-state index in [2.05, 4.69) is 9.71 Å². The summed E-state index contributed by atoms with van der Waals surface area (Å²) in [5.74, 6) is 0.243. The van der Waals surface area contributed by atoms with Crippen molar-refractivity contribution in [2.45, 2.75) is 4.90 Å². The molecular formula is C26H19FN2O4S. The van der Waals surface area contributed by atoms with Crippen LogP contribution in [-0.2, 0) is 10.0 Å². The van der Waals surface area contributed by atoms with Crippen molar-refractivity contribution in [1.29, 1.82) is 0 Å². The highest BCUT2D eigenvalue weighted by Gasteiger charge is 2.17. The third-order valence-electron chi connectivity index (χ3n) is 5.34. The van der Waals surface area contributed by atoms with Gasteiger partial charge in [-0.3, -0.25) is 9.71 Å². The predicted octanol–water partition coefficient (Wildman–Crippen LogP) is 6.13. The van der Waals surface area contributed by atoms with Crippen molar-refractivity contribution in [2.75, 3.05) is 11.8 Å². The number of ether oxygens (including phenoxy) is 2. The third kappa shape index (κ3) is 4.23. The molecule has 0 unspecified atom stereocenters. The molecule has 34 heavy (non-hydrogen) atoms. The average molecular weight is 475 g/mol. The molecule has 5 aromatic rings. The van der Waals surface area contributed by atoms with Crippen LogP contribution in [-0.4, -0.2) is 20.5 Å². The second kappa shape index (κ2) is 8.64. The monoisotopic (exact) mass is 474 g/mol. The lowest BCUT2D eigenvalue weighted by atomic mass is 10.1. The van der Waals surface area contributed by atoms with Gasteiger partial charge in [0.25, 0.3) is 10.0 Å². The minimum Gasteiger partial charge on any atom is -0.497 e. The van der Waals surface area contributed by atoms with Crippen LogP contribution in [0.15, 0.2) is 96.0 Å². The molecule has 0 fully saturated rings. The molecule has 0 aliphatic heterocycles. The van der Waals surface area contributed by atoms with Crippen LogP contribution >= 0.6 is 0 Å². The topological polar surface area (TPSA) is 77.5 Å². The molecule has 0 atom stereocenters. The van der Waals surface area contributed by atoms with Crippen LogP contribution in [0.4, 0.5) is 10.1 Å². The molecule has 0 bridgehead atoms. The van der Waals surface area contributed by atoms with E-state index in [0.29, 0.717) is 22.4 Å². The van der Waals surface area contributed by atoms with Crippen LogP contribution in [0.25, 0.3) is 21.7 Å². The van der Waals surface area contributed by atoms with Crippen molar-refractivity contribution in [1.82, 2.24) is 4.98 Å². The van der Waals surface area contributed by atoms with E-state index in [1.807, 2.05) is 24.3 Å². The van der Waals surface area contributed by atoms with Crippen molar-refractivity contribution in [3.8, 4) is 17.2 Å². The number of methoxy groups -OCH3 is 1. The average Bonchev–Trinajstić information content (AvgIpc) is 2.85. The van der Waals surface area contributed by atoms with Gasteiger partial charge in [0.05, 0.1) is 23.2 Å². The molecule has 0 spiro atoms. The first-order valence-corrected chi connectivity index (χ1v) is 11.8. The molecule has 0 aliphatic rings. The highest BCUT2D eigenvalue weighted by atomic mass is 32.2. The van der Waals surface area contributed by atoms with Crippen LogP contribution in [0.3, 0.4) is 0 Å². The summed E-state index contributed by atoms with van der Waals surface area (Å²) >= 11 is 0. The summed E-state index contributed by atoms with van der Waals surface area (Å²) in [6.07, 6.45) is 1.56. The van der Waals surface area contributed by atoms with Gasteiger partial charge < -0.3 is 9.47 Å². The van der Waals surface area contributed by atoms with Gasteiger partial charge in [-0.2, -0.15) is 0 Å². The molecule has 170 valence electrons. The highest BCUT2D eigenvalue weighted by Crippen LogP contribution is 2.33. The minimum absolute atomic E-state index is 0.0519. The van der Waals surface area contributed by atoms with Crippen LogP contribution in [0.5, 0.6) is 17.2 Å². The van der Waals surface area contributed by atoms with Crippen molar-refractivity contribution >= 4 is 37.4 Å². The molecule has 8 heteroatoms. The number of benzene rings is 4. The second-order valence-corrected chi connectivity index (χ2v) is 9.24. The summed E-state index contributed by atoms with van der Waals surface area (Å²) < 4.78 is 54.0. The lowest BCUT2D eigenvalue weighted by Crippen LogP contribution is -2.13. The number of rotatable bonds is 6. The highest BCUT2D eigenvalue weighted by molar-refractivity contribution is 7.92. The summed E-state index contributed by atoms with van der Waals surface area (Å²) in [5.41, 5.74) is 0.748. The number of aromatic nitrogens is 1. The quantitative estimate of drug-likeness (QED) is 0.320. The van der Waals surface area contributed by atoms with E-state index in [9.17, 15) is 12.8 Å². The van der Waals surface area contributed by atoms with Gasteiger partial charge in [-0.15, -0.1) is 0 Å². The molecular weight excluding hydrogens is 455 g/mol. The fraction of sp³-hybridized carbons (Fsp3) is 0.0385. The number of nitrogens with zero attached hydrogens (tertiary/aromatic N) is 1. The van der Waals surface area contributed by atoms with E-state index in [1.54, 1.807) is 49.7 Å². The third-order valence-corrected chi connectivity index (χ3v) is 6.72. The molecule has 0 saturated carbocycles. The van der Waals surface area contributed by atoms with Crippen LogP contribution in [0.2, 0.25) is 0 Å². The maximum absolute atomic E-state index is 14.9. The Morgan fingerprint density at radius 2 is 1.68 bits per heavy atom. The van der Waals surface area contributed by atoms with Gasteiger partial charge in [-0.1, -0.05) is 30.3 Å². The Morgan fingerprint density at radius 3 is 2.47 bits per heavy atom. The Kier molecular flexibility index (Phi) is 5.51. The fourth-order valence-corrected chi connectivity index (χ4v) is 4.71. The van der Waals surface area contributed by atoms with Gasteiger partial charge in [0, 0.05) is 17.6 Å². The van der Waals surface area contributed by atoms with Gasteiger partial charge in [-0.25, -0.2) is 12.8 Å².